The molecule has 1 heterocycles. The maximum atomic E-state index is 12.8. The van der Waals surface area contributed by atoms with Gasteiger partial charge in [-0.3, -0.25) is 9.59 Å². The molecule has 1 rings (SSSR count). The second-order valence-electron chi connectivity index (χ2n) is 12.4. The summed E-state index contributed by atoms with van der Waals surface area (Å²) >= 11 is 0.297. The zero-order chi connectivity index (χ0) is 30.4. The predicted octanol–water partition coefficient (Wildman–Crippen LogP) is 5.18. The Hall–Kier alpha value is -0.788. The number of amides is 2. The number of aliphatic hydroxyl groups excluding tert-OH is 1. The van der Waals surface area contributed by atoms with Crippen LogP contribution in [0.15, 0.2) is 0 Å². The minimum atomic E-state index is -0.395. The summed E-state index contributed by atoms with van der Waals surface area (Å²) in [5.41, 5.74) is -0.720. The summed E-state index contributed by atoms with van der Waals surface area (Å²) in [4.78, 5) is 43.0. The summed E-state index contributed by atoms with van der Waals surface area (Å²) in [5.74, 6) is 0.205. The summed E-state index contributed by atoms with van der Waals surface area (Å²) in [7, 11) is 1.44. The third-order valence-electron chi connectivity index (χ3n) is 8.84. The van der Waals surface area contributed by atoms with E-state index in [0.717, 1.165) is 70.8 Å². The molecule has 0 aromatic rings. The van der Waals surface area contributed by atoms with Crippen LogP contribution in [0.2, 0.25) is 0 Å². The molecule has 2 amide bonds. The number of aliphatic hydroxyl groups is 1. The third-order valence-corrected chi connectivity index (χ3v) is 9.37. The number of nitrogens with zero attached hydrogens (tertiary/aromatic N) is 1. The van der Waals surface area contributed by atoms with E-state index in [4.69, 9.17) is 7.73 Å². The number of carbonyl (C=O) groups is 3. The number of hydrogen-bond acceptors (Lipinski definition) is 7. The average Bonchev–Trinajstić information content (AvgIpc) is 3.24. The number of likely N-dealkylation sites (tertiary alicyclic amines) is 1. The average molecular weight is 774 g/mol. The van der Waals surface area contributed by atoms with Gasteiger partial charge in [-0.25, -0.2) is 0 Å². The summed E-state index contributed by atoms with van der Waals surface area (Å²) < 4.78 is 9.59. The molecule has 1 saturated heterocycles. The van der Waals surface area contributed by atoms with Crippen molar-refractivity contribution >= 4 is 44.0 Å². The molecule has 9 nitrogen and oxygen atoms in total. The first kappa shape index (κ1) is 38.2. The van der Waals surface area contributed by atoms with Crippen LogP contribution in [0.1, 0.15) is 129 Å². The maximum absolute atomic E-state index is 12.8. The summed E-state index contributed by atoms with van der Waals surface area (Å²) in [6.07, 6.45) is 18.1. The van der Waals surface area contributed by atoms with Gasteiger partial charge in [0.1, 0.15) is 0 Å². The number of nitrogens with one attached hydrogen (secondary N) is 1. The number of esters is 1. The number of carbonyl (C=O) groups excluding carboxylic acids is 3. The van der Waals surface area contributed by atoms with E-state index >= 15 is 0 Å². The number of methoxy groups -OCH3 is 1. The molecule has 0 aromatic heterocycles. The fourth-order valence-corrected chi connectivity index (χ4v) is 5.82. The van der Waals surface area contributed by atoms with Crippen LogP contribution in [-0.4, -0.2) is 94.0 Å². The Kier molecular flexibility index (Phi) is 21.2. The molecule has 2 N–H and O–H groups in total. The van der Waals surface area contributed by atoms with Crippen molar-refractivity contribution in [1.82, 2.24) is 10.2 Å². The second-order valence-corrected chi connectivity index (χ2v) is 13.1. The second kappa shape index (κ2) is 22.7. The van der Waals surface area contributed by atoms with Gasteiger partial charge < -0.3 is 10.1 Å². The zero-order valence-electron chi connectivity index (χ0n) is 26.2. The Labute approximate surface area is 265 Å². The van der Waals surface area contributed by atoms with Gasteiger partial charge in [-0.05, 0) is 19.3 Å². The number of rotatable bonds is 25. The summed E-state index contributed by atoms with van der Waals surface area (Å²) in [5, 5.41) is 13.0. The molecule has 2 atom stereocenters. The SMILES string of the molecule is COC(=O)CCCCCCCCCCCNC(=O)CCCCCCCCC(=O)N1CC(C)(CO)C(C)(CO[O][Tl])C1. The molecule has 2 unspecified atom stereocenters. The first-order valence-corrected chi connectivity index (χ1v) is 17.7. The van der Waals surface area contributed by atoms with E-state index in [1.54, 1.807) is 0 Å². The molecule has 236 valence electrons. The van der Waals surface area contributed by atoms with Crippen molar-refractivity contribution < 1.29 is 32.0 Å². The monoisotopic (exact) mass is 774 g/mol. The van der Waals surface area contributed by atoms with Gasteiger partial charge in [0.15, 0.2) is 0 Å². The Morgan fingerprint density at radius 3 is 1.78 bits per heavy atom. The first-order valence-electron chi connectivity index (χ1n) is 15.9. The van der Waals surface area contributed by atoms with Gasteiger partial charge in [0, 0.05) is 19.4 Å². The fraction of sp³-hybridized carbons (Fsp3) is 0.903. The molecule has 0 saturated carbocycles. The number of hydrogen-bond donors (Lipinski definition) is 2. The van der Waals surface area contributed by atoms with Crippen LogP contribution < -0.4 is 5.32 Å². The first-order chi connectivity index (χ1) is 19.7. The molecule has 0 spiro atoms. The molecular weight excluding hydrogens is 717 g/mol. The van der Waals surface area contributed by atoms with Crippen molar-refractivity contribution in [2.45, 2.75) is 129 Å². The Morgan fingerprint density at radius 2 is 1.24 bits per heavy atom. The van der Waals surface area contributed by atoms with Crippen molar-refractivity contribution in [1.29, 1.82) is 0 Å². The quantitative estimate of drug-likeness (QED) is 0.0433. The standard InChI is InChI=1S/C31H58N2O7.Tl/c1-30(25-34)23-33(24-31(30,2)26-40-38)28(36)20-16-12-9-8-11-15-19-27(35)32-22-18-14-10-6-4-5-7-13-17-21-29(37)39-3;/h34,38H,4-26H2,1-3H3,(H,32,35);/q;+1/p-1. The zero-order valence-corrected chi connectivity index (χ0v) is 30.7. The molecule has 1 aliphatic rings. The molecule has 1 aliphatic heterocycles. The van der Waals surface area contributed by atoms with Crippen LogP contribution in [-0.2, 0) is 26.8 Å². The minimum absolute atomic E-state index is 0.0155. The molecule has 10 heteroatoms. The van der Waals surface area contributed by atoms with Gasteiger partial charge in [0.25, 0.3) is 0 Å². The van der Waals surface area contributed by atoms with E-state index in [1.165, 1.54) is 39.2 Å². The van der Waals surface area contributed by atoms with Crippen LogP contribution in [0.4, 0.5) is 0 Å². The van der Waals surface area contributed by atoms with E-state index in [1.807, 2.05) is 11.8 Å². The molecule has 0 radical (unpaired) electrons. The van der Waals surface area contributed by atoms with E-state index in [0.29, 0.717) is 65.2 Å². The third kappa shape index (κ3) is 16.0. The van der Waals surface area contributed by atoms with Crippen molar-refractivity contribution in [2.75, 3.05) is 40.0 Å². The van der Waals surface area contributed by atoms with Gasteiger partial charge in [-0.1, -0.05) is 51.4 Å². The Balaban J connectivity index is 1.94. The normalized spacial score (nSPS) is 20.3. The Bertz CT molecular complexity index is 741. The molecule has 41 heavy (non-hydrogen) atoms. The number of ether oxygens (including phenoxy) is 1. The van der Waals surface area contributed by atoms with Crippen LogP contribution in [0.3, 0.4) is 0 Å². The van der Waals surface area contributed by atoms with E-state index < -0.39 is 5.41 Å². The molecule has 0 aliphatic carbocycles. The van der Waals surface area contributed by atoms with E-state index in [2.05, 4.69) is 17.0 Å². The van der Waals surface area contributed by atoms with Crippen LogP contribution >= 0.6 is 0 Å². The van der Waals surface area contributed by atoms with Crippen molar-refractivity contribution in [2.24, 2.45) is 10.8 Å². The van der Waals surface area contributed by atoms with Crippen molar-refractivity contribution in [3.63, 3.8) is 0 Å². The Morgan fingerprint density at radius 1 is 0.756 bits per heavy atom. The number of unbranched alkanes of at least 4 members (excludes halogenated alkanes) is 13. The molecular formula is C31H57N2O7Tl. The van der Waals surface area contributed by atoms with Crippen molar-refractivity contribution in [3.05, 3.63) is 0 Å². The van der Waals surface area contributed by atoms with Crippen LogP contribution in [0.25, 0.3) is 0 Å². The van der Waals surface area contributed by atoms with Gasteiger partial charge in [-0.15, -0.1) is 0 Å². The molecule has 0 aromatic carbocycles. The predicted molar refractivity (Wildman–Crippen MR) is 161 cm³/mol. The van der Waals surface area contributed by atoms with Gasteiger partial charge in [-0.2, -0.15) is 0 Å². The van der Waals surface area contributed by atoms with Crippen LogP contribution in [0, 0.1) is 10.8 Å². The molecule has 0 bridgehead atoms. The van der Waals surface area contributed by atoms with Crippen molar-refractivity contribution in [3.8, 4) is 0 Å². The van der Waals surface area contributed by atoms with Crippen LogP contribution in [0.5, 0.6) is 0 Å². The summed E-state index contributed by atoms with van der Waals surface area (Å²) in [6, 6.07) is 0. The topological polar surface area (TPSA) is 114 Å². The van der Waals surface area contributed by atoms with Gasteiger partial charge in [0.2, 0.25) is 5.91 Å². The molecule has 1 fully saturated rings. The van der Waals surface area contributed by atoms with E-state index in [9.17, 15) is 19.5 Å². The van der Waals surface area contributed by atoms with E-state index in [-0.39, 0.29) is 29.8 Å². The van der Waals surface area contributed by atoms with Gasteiger partial charge in [0.05, 0.1) is 7.11 Å². The van der Waals surface area contributed by atoms with Gasteiger partial charge >= 0.3 is 144 Å². The fourth-order valence-electron chi connectivity index (χ4n) is 5.56. The summed E-state index contributed by atoms with van der Waals surface area (Å²) in [6.45, 7) is 6.38.